The summed E-state index contributed by atoms with van der Waals surface area (Å²) in [6, 6.07) is 4.29. The van der Waals surface area contributed by atoms with Crippen LogP contribution in [0.15, 0.2) is 18.2 Å². The third kappa shape index (κ3) is 3.18. The van der Waals surface area contributed by atoms with E-state index in [9.17, 15) is 9.18 Å². The quantitative estimate of drug-likeness (QED) is 0.827. The van der Waals surface area contributed by atoms with Crippen molar-refractivity contribution in [3.63, 3.8) is 0 Å². The Kier molecular flexibility index (Phi) is 4.26. The SMILES string of the molecule is CC(C(=O)NN(C)C)c1ccc(F)c(Cl)c1. The second-order valence-electron chi connectivity index (χ2n) is 3.77. The van der Waals surface area contributed by atoms with Crippen molar-refractivity contribution in [2.24, 2.45) is 0 Å². The highest BCUT2D eigenvalue weighted by Crippen LogP contribution is 2.22. The van der Waals surface area contributed by atoms with Crippen molar-refractivity contribution in [1.29, 1.82) is 0 Å². The zero-order chi connectivity index (χ0) is 12.3. The molecule has 0 aliphatic rings. The molecule has 1 amide bonds. The highest BCUT2D eigenvalue weighted by molar-refractivity contribution is 6.30. The number of hydrazine groups is 1. The molecule has 1 aromatic rings. The number of rotatable bonds is 3. The largest absolute Gasteiger partial charge is 0.289 e. The molecule has 1 atom stereocenters. The molecule has 0 fully saturated rings. The molecule has 0 saturated heterocycles. The summed E-state index contributed by atoms with van der Waals surface area (Å²) >= 11 is 5.65. The number of benzene rings is 1. The van der Waals surface area contributed by atoms with Gasteiger partial charge in [0.05, 0.1) is 10.9 Å². The first-order chi connectivity index (χ1) is 7.41. The van der Waals surface area contributed by atoms with Gasteiger partial charge in [-0.25, -0.2) is 9.40 Å². The van der Waals surface area contributed by atoms with Gasteiger partial charge in [0.2, 0.25) is 5.91 Å². The van der Waals surface area contributed by atoms with Crippen LogP contribution in [-0.4, -0.2) is 25.0 Å². The van der Waals surface area contributed by atoms with Crippen LogP contribution in [0, 0.1) is 5.82 Å². The highest BCUT2D eigenvalue weighted by atomic mass is 35.5. The number of amides is 1. The Balaban J connectivity index is 2.83. The first-order valence-corrected chi connectivity index (χ1v) is 5.22. The van der Waals surface area contributed by atoms with Crippen LogP contribution in [0.25, 0.3) is 0 Å². The first kappa shape index (κ1) is 12.9. The van der Waals surface area contributed by atoms with Gasteiger partial charge in [-0.3, -0.25) is 10.2 Å². The van der Waals surface area contributed by atoms with E-state index in [1.54, 1.807) is 32.1 Å². The third-order valence-electron chi connectivity index (χ3n) is 2.17. The fourth-order valence-electron chi connectivity index (χ4n) is 1.25. The van der Waals surface area contributed by atoms with Gasteiger partial charge in [-0.1, -0.05) is 17.7 Å². The number of carbonyl (C=O) groups is 1. The summed E-state index contributed by atoms with van der Waals surface area (Å²) in [6.45, 7) is 1.74. The molecule has 1 unspecified atom stereocenters. The zero-order valence-electron chi connectivity index (χ0n) is 9.42. The molecule has 3 nitrogen and oxygen atoms in total. The maximum absolute atomic E-state index is 12.9. The summed E-state index contributed by atoms with van der Waals surface area (Å²) in [5.41, 5.74) is 3.32. The van der Waals surface area contributed by atoms with Crippen LogP contribution in [0.3, 0.4) is 0 Å². The molecule has 88 valence electrons. The van der Waals surface area contributed by atoms with E-state index in [1.807, 2.05) is 0 Å². The molecule has 0 aliphatic heterocycles. The molecule has 1 N–H and O–H groups in total. The van der Waals surface area contributed by atoms with E-state index in [0.717, 1.165) is 0 Å². The third-order valence-corrected chi connectivity index (χ3v) is 2.46. The Hall–Kier alpha value is -1.13. The monoisotopic (exact) mass is 244 g/mol. The molecule has 1 rings (SSSR count). The second kappa shape index (κ2) is 5.27. The molecule has 5 heteroatoms. The van der Waals surface area contributed by atoms with E-state index in [-0.39, 0.29) is 16.8 Å². The van der Waals surface area contributed by atoms with E-state index in [0.29, 0.717) is 5.56 Å². The van der Waals surface area contributed by atoms with E-state index in [2.05, 4.69) is 5.43 Å². The summed E-state index contributed by atoms with van der Waals surface area (Å²) in [7, 11) is 3.45. The van der Waals surface area contributed by atoms with Crippen molar-refractivity contribution in [1.82, 2.24) is 10.4 Å². The van der Waals surface area contributed by atoms with E-state index >= 15 is 0 Å². The van der Waals surface area contributed by atoms with Crippen LogP contribution in [0.5, 0.6) is 0 Å². The number of hydrogen-bond acceptors (Lipinski definition) is 2. The summed E-state index contributed by atoms with van der Waals surface area (Å²) in [6.07, 6.45) is 0. The fraction of sp³-hybridized carbons (Fsp3) is 0.364. The molecule has 0 aromatic heterocycles. The summed E-state index contributed by atoms with van der Waals surface area (Å²) in [5.74, 6) is -1.01. The Morgan fingerprint density at radius 2 is 2.12 bits per heavy atom. The maximum Gasteiger partial charge on any atom is 0.241 e. The minimum absolute atomic E-state index is 0.0296. The van der Waals surface area contributed by atoms with Crippen LogP contribution in [0.2, 0.25) is 5.02 Å². The first-order valence-electron chi connectivity index (χ1n) is 4.84. The molecule has 0 heterocycles. The molecular formula is C11H14ClFN2O. The number of nitrogens with one attached hydrogen (secondary N) is 1. The molecule has 1 aromatic carbocycles. The van der Waals surface area contributed by atoms with Gasteiger partial charge in [-0.2, -0.15) is 0 Å². The minimum atomic E-state index is -0.481. The highest BCUT2D eigenvalue weighted by Gasteiger charge is 2.16. The number of nitrogens with zero attached hydrogens (tertiary/aromatic N) is 1. The van der Waals surface area contributed by atoms with Gasteiger partial charge in [-0.05, 0) is 24.6 Å². The van der Waals surface area contributed by atoms with Gasteiger partial charge in [0, 0.05) is 14.1 Å². The average Bonchev–Trinajstić information content (AvgIpc) is 2.20. The summed E-state index contributed by atoms with van der Waals surface area (Å²) < 4.78 is 12.9. The summed E-state index contributed by atoms with van der Waals surface area (Å²) in [4.78, 5) is 11.7. The van der Waals surface area contributed by atoms with Crippen molar-refractivity contribution in [3.05, 3.63) is 34.6 Å². The lowest BCUT2D eigenvalue weighted by Gasteiger charge is -2.17. The number of carbonyl (C=O) groups excluding carboxylic acids is 1. The number of halogens is 2. The van der Waals surface area contributed by atoms with Gasteiger partial charge in [0.25, 0.3) is 0 Å². The van der Waals surface area contributed by atoms with Crippen LogP contribution in [-0.2, 0) is 4.79 Å². The van der Waals surface area contributed by atoms with Crippen LogP contribution in [0.4, 0.5) is 4.39 Å². The van der Waals surface area contributed by atoms with Gasteiger partial charge in [-0.15, -0.1) is 0 Å². The van der Waals surface area contributed by atoms with Crippen LogP contribution >= 0.6 is 11.6 Å². The van der Waals surface area contributed by atoms with Crippen LogP contribution in [0.1, 0.15) is 18.4 Å². The molecule has 0 radical (unpaired) electrons. The molecule has 0 saturated carbocycles. The molecule has 0 aliphatic carbocycles. The Morgan fingerprint density at radius 1 is 1.50 bits per heavy atom. The normalized spacial score (nSPS) is 12.6. The lowest BCUT2D eigenvalue weighted by atomic mass is 10.0. The number of hydrogen-bond donors (Lipinski definition) is 1. The van der Waals surface area contributed by atoms with E-state index < -0.39 is 5.82 Å². The lowest BCUT2D eigenvalue weighted by Crippen LogP contribution is -2.38. The smallest absolute Gasteiger partial charge is 0.241 e. The van der Waals surface area contributed by atoms with E-state index in [1.165, 1.54) is 12.1 Å². The van der Waals surface area contributed by atoms with Crippen molar-refractivity contribution < 1.29 is 9.18 Å². The lowest BCUT2D eigenvalue weighted by molar-refractivity contribution is -0.125. The second-order valence-corrected chi connectivity index (χ2v) is 4.17. The van der Waals surface area contributed by atoms with E-state index in [4.69, 9.17) is 11.6 Å². The average molecular weight is 245 g/mol. The van der Waals surface area contributed by atoms with Gasteiger partial charge in [0.15, 0.2) is 0 Å². The van der Waals surface area contributed by atoms with Crippen molar-refractivity contribution in [3.8, 4) is 0 Å². The molecule has 0 bridgehead atoms. The predicted molar refractivity (Wildman–Crippen MR) is 61.7 cm³/mol. The van der Waals surface area contributed by atoms with Gasteiger partial charge in [0.1, 0.15) is 5.82 Å². The fourth-order valence-corrected chi connectivity index (χ4v) is 1.44. The van der Waals surface area contributed by atoms with Crippen molar-refractivity contribution >= 4 is 17.5 Å². The zero-order valence-corrected chi connectivity index (χ0v) is 10.2. The molecule has 16 heavy (non-hydrogen) atoms. The van der Waals surface area contributed by atoms with Gasteiger partial charge >= 0.3 is 0 Å². The molecular weight excluding hydrogens is 231 g/mol. The van der Waals surface area contributed by atoms with Gasteiger partial charge < -0.3 is 0 Å². The molecule has 0 spiro atoms. The predicted octanol–water partition coefficient (Wildman–Crippen LogP) is 2.18. The summed E-state index contributed by atoms with van der Waals surface area (Å²) in [5, 5.41) is 1.59. The maximum atomic E-state index is 12.9. The Labute approximate surface area is 99.2 Å². The van der Waals surface area contributed by atoms with Crippen LogP contribution < -0.4 is 5.43 Å². The van der Waals surface area contributed by atoms with Crippen molar-refractivity contribution in [2.45, 2.75) is 12.8 Å². The van der Waals surface area contributed by atoms with Crippen molar-refractivity contribution in [2.75, 3.05) is 14.1 Å². The topological polar surface area (TPSA) is 32.3 Å². The Morgan fingerprint density at radius 3 is 2.62 bits per heavy atom. The minimum Gasteiger partial charge on any atom is -0.289 e. The Bertz CT molecular complexity index is 396. The standard InChI is InChI=1S/C11H14ClFN2O/c1-7(11(16)14-15(2)3)8-4-5-10(13)9(12)6-8/h4-7H,1-3H3,(H,14,16).